The number of benzene rings is 2. The Morgan fingerprint density at radius 2 is 1.86 bits per heavy atom. The first kappa shape index (κ1) is 17.2. The van der Waals surface area contributed by atoms with Crippen molar-refractivity contribution in [2.24, 2.45) is 5.10 Å². The predicted octanol–water partition coefficient (Wildman–Crippen LogP) is 3.62. The quantitative estimate of drug-likeness (QED) is 0.438. The summed E-state index contributed by atoms with van der Waals surface area (Å²) in [6, 6.07) is 10.5. The lowest BCUT2D eigenvalue weighted by atomic mass is 10.2. The second-order valence-electron chi connectivity index (χ2n) is 4.43. The molecule has 0 fully saturated rings. The number of aryl methyl sites for hydroxylation is 1. The highest BCUT2D eigenvalue weighted by Crippen LogP contribution is 2.16. The van der Waals surface area contributed by atoms with Crippen LogP contribution in [0.2, 0.25) is 0 Å². The molecule has 0 amide bonds. The largest absolute Gasteiger partial charge is 0.276 e. The molecule has 22 heavy (non-hydrogen) atoms. The van der Waals surface area contributed by atoms with Gasteiger partial charge in [-0.05, 0) is 59.8 Å². The molecule has 0 heterocycles. The minimum Gasteiger partial charge on any atom is -0.206 e. The van der Waals surface area contributed by atoms with Gasteiger partial charge >= 0.3 is 0 Å². The summed E-state index contributed by atoms with van der Waals surface area (Å²) in [5.41, 5.74) is 0.960. The summed E-state index contributed by atoms with van der Waals surface area (Å²) < 4.78 is 38.5. The molecule has 1 N–H and O–H groups in total. The predicted molar refractivity (Wildman–Crippen MR) is 93.0 cm³/mol. The molecule has 0 aliphatic heterocycles. The second kappa shape index (κ2) is 6.93. The summed E-state index contributed by atoms with van der Waals surface area (Å²) in [6.45, 7) is 1.85. The zero-order valence-electron chi connectivity index (χ0n) is 11.3. The van der Waals surface area contributed by atoms with E-state index in [0.717, 1.165) is 9.13 Å². The van der Waals surface area contributed by atoms with Crippen LogP contribution in [0.5, 0.6) is 0 Å². The molecule has 2 aromatic carbocycles. The van der Waals surface area contributed by atoms with Gasteiger partial charge in [0.15, 0.2) is 5.17 Å². The molecule has 0 spiro atoms. The van der Waals surface area contributed by atoms with Crippen LogP contribution in [0, 0.1) is 16.3 Å². The maximum atomic E-state index is 13.7. The van der Waals surface area contributed by atoms with Crippen molar-refractivity contribution >= 4 is 49.4 Å². The van der Waals surface area contributed by atoms with Crippen LogP contribution in [0.25, 0.3) is 0 Å². The third kappa shape index (κ3) is 4.17. The van der Waals surface area contributed by atoms with Crippen molar-refractivity contribution in [3.05, 3.63) is 63.0 Å². The lowest BCUT2D eigenvalue weighted by Crippen LogP contribution is -2.19. The van der Waals surface area contributed by atoms with Gasteiger partial charge in [-0.3, -0.25) is 0 Å². The van der Waals surface area contributed by atoms with Gasteiger partial charge in [0, 0.05) is 3.57 Å². The molecule has 0 radical (unpaired) electrons. The smallest absolute Gasteiger partial charge is 0.206 e. The first-order valence-electron chi connectivity index (χ1n) is 6.07. The van der Waals surface area contributed by atoms with Crippen LogP contribution in [0.15, 0.2) is 52.5 Å². The van der Waals surface area contributed by atoms with Crippen molar-refractivity contribution in [3.63, 3.8) is 0 Å². The molecule has 0 unspecified atom stereocenters. The van der Waals surface area contributed by atoms with Gasteiger partial charge in [0.1, 0.15) is 5.82 Å². The maximum absolute atomic E-state index is 13.7. The van der Waals surface area contributed by atoms with E-state index in [2.05, 4.69) is 5.10 Å². The van der Waals surface area contributed by atoms with Crippen LogP contribution in [-0.2, 0) is 10.0 Å². The average Bonchev–Trinajstić information content (AvgIpc) is 2.48. The molecule has 0 aliphatic carbocycles. The fraction of sp³-hybridized carbons (Fsp3) is 0.0714. The van der Waals surface area contributed by atoms with E-state index < -0.39 is 15.8 Å². The maximum Gasteiger partial charge on any atom is 0.276 e. The fourth-order valence-electron chi connectivity index (χ4n) is 1.59. The molecule has 0 saturated heterocycles. The minimum atomic E-state index is -3.85. The lowest BCUT2D eigenvalue weighted by Gasteiger charge is -2.05. The van der Waals surface area contributed by atoms with E-state index in [4.69, 9.17) is 11.6 Å². The Balaban J connectivity index is 2.26. The zero-order chi connectivity index (χ0) is 16.3. The molecule has 116 valence electrons. The summed E-state index contributed by atoms with van der Waals surface area (Å²) in [4.78, 5) is 2.05. The third-order valence-corrected chi connectivity index (χ3v) is 4.93. The average molecular weight is 453 g/mol. The Hall–Kier alpha value is -1.19. The van der Waals surface area contributed by atoms with Gasteiger partial charge in [-0.15, -0.1) is 0 Å². The van der Waals surface area contributed by atoms with E-state index in [9.17, 15) is 12.8 Å². The first-order chi connectivity index (χ1) is 10.3. The van der Waals surface area contributed by atoms with Crippen LogP contribution in [0.1, 0.15) is 11.1 Å². The molecule has 0 atom stereocenters. The highest BCUT2D eigenvalue weighted by Gasteiger charge is 2.14. The van der Waals surface area contributed by atoms with E-state index >= 15 is 0 Å². The zero-order valence-corrected chi connectivity index (χ0v) is 15.1. The molecule has 2 rings (SSSR count). The first-order valence-corrected chi connectivity index (χ1v) is 9.01. The summed E-state index contributed by atoms with van der Waals surface area (Å²) in [6.07, 6.45) is 0. The third-order valence-electron chi connectivity index (χ3n) is 2.75. The van der Waals surface area contributed by atoms with E-state index in [1.54, 1.807) is 18.2 Å². The van der Waals surface area contributed by atoms with Gasteiger partial charge in [0.2, 0.25) is 0 Å². The number of hydrogen-bond acceptors (Lipinski definition) is 3. The number of nitrogens with zero attached hydrogens (tertiary/aromatic N) is 1. The van der Waals surface area contributed by atoms with Gasteiger partial charge < -0.3 is 0 Å². The Kier molecular flexibility index (Phi) is 5.41. The van der Waals surface area contributed by atoms with Crippen molar-refractivity contribution in [2.75, 3.05) is 0 Å². The van der Waals surface area contributed by atoms with Crippen molar-refractivity contribution in [3.8, 4) is 0 Å². The number of sulfonamides is 1. The van der Waals surface area contributed by atoms with Crippen LogP contribution in [0.4, 0.5) is 4.39 Å². The van der Waals surface area contributed by atoms with Crippen LogP contribution < -0.4 is 4.83 Å². The summed E-state index contributed by atoms with van der Waals surface area (Å²) in [5, 5.41) is 3.30. The molecular formula is C14H11ClFIN2O2S. The number of hydrogen-bond donors (Lipinski definition) is 1. The normalized spacial score (nSPS) is 12.3. The molecule has 8 heteroatoms. The van der Waals surface area contributed by atoms with Crippen molar-refractivity contribution in [1.82, 2.24) is 4.83 Å². The van der Waals surface area contributed by atoms with Gasteiger partial charge in [-0.2, -0.15) is 18.4 Å². The summed E-state index contributed by atoms with van der Waals surface area (Å²) >= 11 is 7.88. The summed E-state index contributed by atoms with van der Waals surface area (Å²) in [7, 11) is -3.85. The number of nitrogens with one attached hydrogen (secondary N) is 1. The Bertz CT molecular complexity index is 823. The Morgan fingerprint density at radius 1 is 1.23 bits per heavy atom. The highest BCUT2D eigenvalue weighted by molar-refractivity contribution is 14.1. The van der Waals surface area contributed by atoms with Crippen molar-refractivity contribution in [1.29, 1.82) is 0 Å². The molecular weight excluding hydrogens is 442 g/mol. The summed E-state index contributed by atoms with van der Waals surface area (Å²) in [5.74, 6) is -0.580. The van der Waals surface area contributed by atoms with Crippen LogP contribution in [0.3, 0.4) is 0 Å². The Morgan fingerprint density at radius 3 is 2.50 bits per heavy atom. The van der Waals surface area contributed by atoms with E-state index in [1.807, 2.05) is 34.3 Å². The van der Waals surface area contributed by atoms with Crippen LogP contribution >= 0.6 is 34.2 Å². The standard InChI is InChI=1S/C14H11ClFIN2O2S/c1-9-2-5-11(6-3-9)22(20,21)19-18-14(15)12-8-10(17)4-7-13(12)16/h2-8,19H,1H3/b18-14-. The fourth-order valence-corrected chi connectivity index (χ4v) is 3.13. The number of hydrazone groups is 1. The van der Waals surface area contributed by atoms with Gasteiger partial charge in [0.05, 0.1) is 10.5 Å². The number of rotatable bonds is 4. The second-order valence-corrected chi connectivity index (χ2v) is 7.70. The monoisotopic (exact) mass is 452 g/mol. The topological polar surface area (TPSA) is 58.5 Å². The van der Waals surface area contributed by atoms with Gasteiger partial charge in [0.25, 0.3) is 10.0 Å². The van der Waals surface area contributed by atoms with E-state index in [-0.39, 0.29) is 15.6 Å². The number of halogens is 3. The SMILES string of the molecule is Cc1ccc(S(=O)(=O)N/N=C(\Cl)c2cc(I)ccc2F)cc1. The van der Waals surface area contributed by atoms with E-state index in [0.29, 0.717) is 0 Å². The lowest BCUT2D eigenvalue weighted by molar-refractivity contribution is 0.584. The highest BCUT2D eigenvalue weighted by atomic mass is 127. The Labute approximate surface area is 146 Å². The van der Waals surface area contributed by atoms with Crippen molar-refractivity contribution in [2.45, 2.75) is 11.8 Å². The van der Waals surface area contributed by atoms with E-state index in [1.165, 1.54) is 24.3 Å². The molecule has 0 aliphatic rings. The van der Waals surface area contributed by atoms with Crippen LogP contribution in [-0.4, -0.2) is 13.6 Å². The molecule has 0 aromatic heterocycles. The minimum absolute atomic E-state index is 0.0279. The van der Waals surface area contributed by atoms with Gasteiger partial charge in [-0.25, -0.2) is 4.39 Å². The molecule has 0 bridgehead atoms. The molecule has 0 saturated carbocycles. The molecule has 4 nitrogen and oxygen atoms in total. The van der Waals surface area contributed by atoms with Crippen molar-refractivity contribution < 1.29 is 12.8 Å². The molecule has 2 aromatic rings. The van der Waals surface area contributed by atoms with Gasteiger partial charge in [-0.1, -0.05) is 29.3 Å².